The molecule has 108 valence electrons. The van der Waals surface area contributed by atoms with Crippen LogP contribution in [0.15, 0.2) is 17.0 Å². The van der Waals surface area contributed by atoms with E-state index in [1.807, 2.05) is 0 Å². The third-order valence-corrected chi connectivity index (χ3v) is 4.38. The summed E-state index contributed by atoms with van der Waals surface area (Å²) >= 11 is 5.56. The second-order valence-electron chi connectivity index (χ2n) is 4.47. The van der Waals surface area contributed by atoms with E-state index in [4.69, 9.17) is 22.4 Å². The van der Waals surface area contributed by atoms with Crippen molar-refractivity contribution in [1.82, 2.24) is 4.72 Å². The zero-order chi connectivity index (χ0) is 14.8. The fourth-order valence-electron chi connectivity index (χ4n) is 1.43. The van der Waals surface area contributed by atoms with Gasteiger partial charge in [0, 0.05) is 11.7 Å². The molecule has 0 heterocycles. The van der Waals surface area contributed by atoms with Crippen LogP contribution in [0.1, 0.15) is 13.8 Å². The predicted octanol–water partition coefficient (Wildman–Crippen LogP) is 1.36. The number of aliphatic hydroxyl groups is 1. The molecule has 0 saturated heterocycles. The molecule has 0 spiro atoms. The van der Waals surface area contributed by atoms with Crippen molar-refractivity contribution in [2.75, 3.05) is 12.3 Å². The summed E-state index contributed by atoms with van der Waals surface area (Å²) in [5, 5.41) is 8.74. The van der Waals surface area contributed by atoms with Crippen molar-refractivity contribution in [3.63, 3.8) is 0 Å². The lowest BCUT2D eigenvalue weighted by atomic mass is 10.1. The first-order valence-electron chi connectivity index (χ1n) is 5.56. The minimum absolute atomic E-state index is 0.0388. The summed E-state index contributed by atoms with van der Waals surface area (Å²) in [5.41, 5.74) is 5.49. The van der Waals surface area contributed by atoms with Gasteiger partial charge < -0.3 is 10.8 Å². The van der Waals surface area contributed by atoms with Crippen molar-refractivity contribution in [3.8, 4) is 0 Å². The second-order valence-corrected chi connectivity index (χ2v) is 6.56. The van der Waals surface area contributed by atoms with Gasteiger partial charge >= 0.3 is 0 Å². The Balaban J connectivity index is 3.21. The molecule has 1 aromatic rings. The van der Waals surface area contributed by atoms with Crippen LogP contribution in [0.4, 0.5) is 10.1 Å². The zero-order valence-corrected chi connectivity index (χ0v) is 12.1. The number of sulfonamides is 1. The van der Waals surface area contributed by atoms with Crippen LogP contribution in [0.25, 0.3) is 0 Å². The van der Waals surface area contributed by atoms with Crippen molar-refractivity contribution in [2.24, 2.45) is 5.92 Å². The second kappa shape index (κ2) is 6.04. The van der Waals surface area contributed by atoms with E-state index in [9.17, 15) is 12.8 Å². The highest BCUT2D eigenvalue weighted by Gasteiger charge is 2.26. The van der Waals surface area contributed by atoms with Crippen molar-refractivity contribution in [3.05, 3.63) is 23.0 Å². The lowest BCUT2D eigenvalue weighted by molar-refractivity contribution is 0.227. The molecule has 1 aromatic carbocycles. The van der Waals surface area contributed by atoms with E-state index in [2.05, 4.69) is 4.72 Å². The highest BCUT2D eigenvalue weighted by atomic mass is 35.5. The normalized spacial score (nSPS) is 13.8. The lowest BCUT2D eigenvalue weighted by Gasteiger charge is -2.20. The van der Waals surface area contributed by atoms with Crippen molar-refractivity contribution in [2.45, 2.75) is 24.8 Å². The first kappa shape index (κ1) is 16.2. The molecule has 19 heavy (non-hydrogen) atoms. The molecule has 1 rings (SSSR count). The molecule has 0 amide bonds. The fraction of sp³-hybridized carbons (Fsp3) is 0.455. The van der Waals surface area contributed by atoms with E-state index >= 15 is 0 Å². The van der Waals surface area contributed by atoms with Gasteiger partial charge in [0.1, 0.15) is 4.90 Å². The standard InChI is InChI=1S/C11H16ClFN2O3S/c1-6(2)9(5-16)15-19(17,18)10-4-7(14)3-8(12)11(10)13/h3-4,6,9,15-16H,5,14H2,1-2H3/t9-/m1/s1. The Morgan fingerprint density at radius 1 is 1.47 bits per heavy atom. The highest BCUT2D eigenvalue weighted by molar-refractivity contribution is 7.89. The largest absolute Gasteiger partial charge is 0.399 e. The van der Waals surface area contributed by atoms with Crippen molar-refractivity contribution < 1.29 is 17.9 Å². The number of hydrogen-bond acceptors (Lipinski definition) is 4. The van der Waals surface area contributed by atoms with E-state index in [1.165, 1.54) is 0 Å². The number of halogens is 2. The van der Waals surface area contributed by atoms with Crippen LogP contribution in [0.5, 0.6) is 0 Å². The number of nitrogens with two attached hydrogens (primary N) is 1. The molecule has 0 unspecified atom stereocenters. The van der Waals surface area contributed by atoms with Crippen LogP contribution >= 0.6 is 11.6 Å². The van der Waals surface area contributed by atoms with E-state index in [1.54, 1.807) is 13.8 Å². The van der Waals surface area contributed by atoms with E-state index < -0.39 is 33.4 Å². The average molecular weight is 311 g/mol. The average Bonchev–Trinajstić information content (AvgIpc) is 2.30. The summed E-state index contributed by atoms with van der Waals surface area (Å²) in [4.78, 5) is -0.628. The number of nitrogen functional groups attached to an aromatic ring is 1. The maximum Gasteiger partial charge on any atom is 0.243 e. The van der Waals surface area contributed by atoms with Crippen LogP contribution in [0.3, 0.4) is 0 Å². The van der Waals surface area contributed by atoms with Crippen LogP contribution in [0.2, 0.25) is 5.02 Å². The molecule has 0 aliphatic heterocycles. The summed E-state index contributed by atoms with van der Waals surface area (Å²) in [6.45, 7) is 3.06. The molecule has 4 N–H and O–H groups in total. The van der Waals surface area contributed by atoms with E-state index in [0.29, 0.717) is 0 Å². The lowest BCUT2D eigenvalue weighted by Crippen LogP contribution is -2.41. The fourth-order valence-corrected chi connectivity index (χ4v) is 3.22. The number of benzene rings is 1. The summed E-state index contributed by atoms with van der Waals surface area (Å²) < 4.78 is 40.1. The van der Waals surface area contributed by atoms with Gasteiger partial charge in [-0.15, -0.1) is 0 Å². The van der Waals surface area contributed by atoms with E-state index in [-0.39, 0.29) is 16.6 Å². The van der Waals surface area contributed by atoms with Gasteiger partial charge in [0.05, 0.1) is 11.6 Å². The summed E-state index contributed by atoms with van der Waals surface area (Å²) in [7, 11) is -4.14. The summed E-state index contributed by atoms with van der Waals surface area (Å²) in [6.07, 6.45) is 0. The summed E-state index contributed by atoms with van der Waals surface area (Å²) in [6, 6.07) is 1.39. The maximum absolute atomic E-state index is 13.8. The Bertz CT molecular complexity index is 563. The quantitative estimate of drug-likeness (QED) is 0.716. The monoisotopic (exact) mass is 310 g/mol. The van der Waals surface area contributed by atoms with Gasteiger partial charge in [0.2, 0.25) is 10.0 Å². The SMILES string of the molecule is CC(C)[C@@H](CO)NS(=O)(=O)c1cc(N)cc(Cl)c1F. The first-order valence-corrected chi connectivity index (χ1v) is 7.43. The third kappa shape index (κ3) is 3.79. The van der Waals surface area contributed by atoms with Gasteiger partial charge in [-0.05, 0) is 18.1 Å². The Kier molecular flexibility index (Phi) is 5.14. The molecule has 0 saturated carbocycles. The minimum atomic E-state index is -4.14. The smallest absolute Gasteiger partial charge is 0.243 e. The maximum atomic E-state index is 13.8. The topological polar surface area (TPSA) is 92.4 Å². The van der Waals surface area contributed by atoms with Crippen molar-refractivity contribution >= 4 is 27.3 Å². The molecule has 0 fully saturated rings. The Labute approximate surface area is 116 Å². The van der Waals surface area contributed by atoms with Crippen LogP contribution in [-0.4, -0.2) is 26.2 Å². The van der Waals surface area contributed by atoms with Gasteiger partial charge in [0.25, 0.3) is 0 Å². The molecule has 1 atom stereocenters. The Morgan fingerprint density at radius 2 is 2.05 bits per heavy atom. The molecular weight excluding hydrogens is 295 g/mol. The minimum Gasteiger partial charge on any atom is -0.399 e. The van der Waals surface area contributed by atoms with Gasteiger partial charge in [-0.25, -0.2) is 17.5 Å². The molecular formula is C11H16ClFN2O3S. The number of rotatable bonds is 5. The van der Waals surface area contributed by atoms with Gasteiger partial charge in [-0.1, -0.05) is 25.4 Å². The van der Waals surface area contributed by atoms with Gasteiger partial charge in [0.15, 0.2) is 5.82 Å². The number of anilines is 1. The van der Waals surface area contributed by atoms with Gasteiger partial charge in [-0.2, -0.15) is 0 Å². The zero-order valence-electron chi connectivity index (χ0n) is 10.5. The molecule has 0 aromatic heterocycles. The number of aliphatic hydroxyl groups excluding tert-OH is 1. The molecule has 0 aliphatic carbocycles. The predicted molar refractivity (Wildman–Crippen MR) is 71.9 cm³/mol. The van der Waals surface area contributed by atoms with Crippen LogP contribution in [0, 0.1) is 11.7 Å². The highest BCUT2D eigenvalue weighted by Crippen LogP contribution is 2.26. The van der Waals surface area contributed by atoms with Crippen LogP contribution in [-0.2, 0) is 10.0 Å². The third-order valence-electron chi connectivity index (χ3n) is 2.61. The molecule has 0 aliphatic rings. The molecule has 0 radical (unpaired) electrons. The molecule has 8 heteroatoms. The number of hydrogen-bond donors (Lipinski definition) is 3. The Hall–Kier alpha value is -0.890. The van der Waals surface area contributed by atoms with E-state index in [0.717, 1.165) is 12.1 Å². The Morgan fingerprint density at radius 3 is 2.53 bits per heavy atom. The van der Waals surface area contributed by atoms with Crippen molar-refractivity contribution in [1.29, 1.82) is 0 Å². The number of nitrogens with one attached hydrogen (secondary N) is 1. The molecule has 0 bridgehead atoms. The summed E-state index contributed by atoms with van der Waals surface area (Å²) in [5.74, 6) is -1.22. The molecule has 5 nitrogen and oxygen atoms in total. The first-order chi connectivity index (χ1) is 8.69. The van der Waals surface area contributed by atoms with Crippen LogP contribution < -0.4 is 10.5 Å². The van der Waals surface area contributed by atoms with Gasteiger partial charge in [-0.3, -0.25) is 0 Å².